The van der Waals surface area contributed by atoms with E-state index in [0.29, 0.717) is 18.7 Å². The van der Waals surface area contributed by atoms with Gasteiger partial charge in [0.2, 0.25) is 5.91 Å². The molecule has 2 amide bonds. The standard InChI is InChI=1S/C19H27N3O2/c1-3-21(4-2)19(24)16-13-15(20-18(23)14-7-8-14)9-10-17(16)22-11-5-6-12-22/h9-10,13-14H,3-8,11-12H2,1-2H3,(H,20,23). The summed E-state index contributed by atoms with van der Waals surface area (Å²) in [6, 6.07) is 5.77. The highest BCUT2D eigenvalue weighted by Gasteiger charge is 2.30. The van der Waals surface area contributed by atoms with E-state index in [0.717, 1.165) is 37.3 Å². The maximum absolute atomic E-state index is 13.0. The molecule has 3 rings (SSSR count). The molecular formula is C19H27N3O2. The summed E-state index contributed by atoms with van der Waals surface area (Å²) in [5, 5.41) is 2.96. The lowest BCUT2D eigenvalue weighted by Crippen LogP contribution is -2.32. The number of anilines is 2. The minimum Gasteiger partial charge on any atom is -0.371 e. The molecule has 5 nitrogen and oxygen atoms in total. The van der Waals surface area contributed by atoms with Crippen molar-refractivity contribution in [2.75, 3.05) is 36.4 Å². The molecule has 1 N–H and O–H groups in total. The van der Waals surface area contributed by atoms with Crippen LogP contribution in [0.25, 0.3) is 0 Å². The van der Waals surface area contributed by atoms with E-state index in [2.05, 4.69) is 10.2 Å². The van der Waals surface area contributed by atoms with Crippen LogP contribution >= 0.6 is 0 Å². The zero-order valence-electron chi connectivity index (χ0n) is 14.7. The summed E-state index contributed by atoms with van der Waals surface area (Å²) < 4.78 is 0. The Morgan fingerprint density at radius 3 is 2.42 bits per heavy atom. The molecule has 5 heteroatoms. The van der Waals surface area contributed by atoms with Gasteiger partial charge in [0.05, 0.1) is 5.56 Å². The number of hydrogen-bond acceptors (Lipinski definition) is 3. The van der Waals surface area contributed by atoms with Crippen molar-refractivity contribution in [2.45, 2.75) is 39.5 Å². The van der Waals surface area contributed by atoms with E-state index in [-0.39, 0.29) is 17.7 Å². The molecule has 0 spiro atoms. The number of hydrogen-bond donors (Lipinski definition) is 1. The van der Waals surface area contributed by atoms with Crippen LogP contribution < -0.4 is 10.2 Å². The second-order valence-corrected chi connectivity index (χ2v) is 6.67. The molecule has 1 saturated carbocycles. The minimum atomic E-state index is 0.0458. The van der Waals surface area contributed by atoms with Crippen molar-refractivity contribution >= 4 is 23.2 Å². The van der Waals surface area contributed by atoms with Crippen LogP contribution in [0.4, 0.5) is 11.4 Å². The average Bonchev–Trinajstić information content (AvgIpc) is 3.31. The largest absolute Gasteiger partial charge is 0.371 e. The van der Waals surface area contributed by atoms with Crippen molar-refractivity contribution < 1.29 is 9.59 Å². The number of carbonyl (C=O) groups is 2. The van der Waals surface area contributed by atoms with Crippen LogP contribution in [0.15, 0.2) is 18.2 Å². The van der Waals surface area contributed by atoms with Gasteiger partial charge in [0, 0.05) is 43.5 Å². The van der Waals surface area contributed by atoms with Crippen molar-refractivity contribution in [1.82, 2.24) is 4.90 Å². The maximum Gasteiger partial charge on any atom is 0.256 e. The van der Waals surface area contributed by atoms with Gasteiger partial charge in [-0.3, -0.25) is 9.59 Å². The molecular weight excluding hydrogens is 302 g/mol. The van der Waals surface area contributed by atoms with Crippen LogP contribution in [0.2, 0.25) is 0 Å². The fourth-order valence-electron chi connectivity index (χ4n) is 3.29. The topological polar surface area (TPSA) is 52.7 Å². The third-order valence-electron chi connectivity index (χ3n) is 4.94. The summed E-state index contributed by atoms with van der Waals surface area (Å²) in [4.78, 5) is 29.1. The van der Waals surface area contributed by atoms with Gasteiger partial charge >= 0.3 is 0 Å². The molecule has 0 aromatic heterocycles. The Hall–Kier alpha value is -2.04. The molecule has 1 aliphatic heterocycles. The smallest absolute Gasteiger partial charge is 0.256 e. The molecule has 130 valence electrons. The van der Waals surface area contributed by atoms with Crippen LogP contribution in [0.3, 0.4) is 0 Å². The fraction of sp³-hybridized carbons (Fsp3) is 0.579. The highest BCUT2D eigenvalue weighted by atomic mass is 16.2. The summed E-state index contributed by atoms with van der Waals surface area (Å²) in [6.45, 7) is 7.35. The Balaban J connectivity index is 1.89. The number of amides is 2. The zero-order chi connectivity index (χ0) is 17.1. The molecule has 0 unspecified atom stereocenters. The molecule has 2 fully saturated rings. The SMILES string of the molecule is CCN(CC)C(=O)c1cc(NC(=O)C2CC2)ccc1N1CCCC1. The van der Waals surface area contributed by atoms with Gasteiger partial charge in [0.1, 0.15) is 0 Å². The number of nitrogens with one attached hydrogen (secondary N) is 1. The van der Waals surface area contributed by atoms with Gasteiger partial charge in [-0.05, 0) is 57.7 Å². The number of benzene rings is 1. The molecule has 1 aromatic rings. The van der Waals surface area contributed by atoms with Crippen LogP contribution in [-0.4, -0.2) is 42.9 Å². The van der Waals surface area contributed by atoms with Gasteiger partial charge in [0.25, 0.3) is 5.91 Å². The molecule has 1 saturated heterocycles. The van der Waals surface area contributed by atoms with Gasteiger partial charge in [0.15, 0.2) is 0 Å². The van der Waals surface area contributed by atoms with Gasteiger partial charge < -0.3 is 15.1 Å². The van der Waals surface area contributed by atoms with Crippen LogP contribution in [0, 0.1) is 5.92 Å². The van der Waals surface area contributed by atoms with Crippen molar-refractivity contribution in [1.29, 1.82) is 0 Å². The Morgan fingerprint density at radius 1 is 1.17 bits per heavy atom. The summed E-state index contributed by atoms with van der Waals surface area (Å²) in [6.07, 6.45) is 4.28. The van der Waals surface area contributed by atoms with Crippen molar-refractivity contribution in [2.24, 2.45) is 5.92 Å². The van der Waals surface area contributed by atoms with Crippen molar-refractivity contribution in [3.8, 4) is 0 Å². The molecule has 24 heavy (non-hydrogen) atoms. The second-order valence-electron chi connectivity index (χ2n) is 6.67. The number of nitrogens with zero attached hydrogens (tertiary/aromatic N) is 2. The lowest BCUT2D eigenvalue weighted by Gasteiger charge is -2.25. The van der Waals surface area contributed by atoms with Gasteiger partial charge in [-0.1, -0.05) is 0 Å². The number of carbonyl (C=O) groups excluding carboxylic acids is 2. The normalized spacial score (nSPS) is 17.0. The fourth-order valence-corrected chi connectivity index (χ4v) is 3.29. The van der Waals surface area contributed by atoms with Crippen LogP contribution in [0.5, 0.6) is 0 Å². The Bertz CT molecular complexity index is 615. The Kier molecular flexibility index (Phi) is 5.07. The highest BCUT2D eigenvalue weighted by Crippen LogP contribution is 2.32. The Morgan fingerprint density at radius 2 is 1.83 bits per heavy atom. The van der Waals surface area contributed by atoms with Crippen LogP contribution in [-0.2, 0) is 4.79 Å². The van der Waals surface area contributed by atoms with Gasteiger partial charge in [-0.15, -0.1) is 0 Å². The van der Waals surface area contributed by atoms with Crippen molar-refractivity contribution in [3.05, 3.63) is 23.8 Å². The first-order valence-corrected chi connectivity index (χ1v) is 9.13. The van der Waals surface area contributed by atoms with Gasteiger partial charge in [-0.25, -0.2) is 0 Å². The third-order valence-corrected chi connectivity index (χ3v) is 4.94. The summed E-state index contributed by atoms with van der Waals surface area (Å²) in [7, 11) is 0. The third kappa shape index (κ3) is 3.55. The average molecular weight is 329 g/mol. The minimum absolute atomic E-state index is 0.0458. The Labute approximate surface area is 144 Å². The molecule has 1 heterocycles. The summed E-state index contributed by atoms with van der Waals surface area (Å²) in [5.41, 5.74) is 2.42. The summed E-state index contributed by atoms with van der Waals surface area (Å²) in [5.74, 6) is 0.278. The van der Waals surface area contributed by atoms with E-state index in [1.54, 1.807) is 0 Å². The van der Waals surface area contributed by atoms with E-state index in [9.17, 15) is 9.59 Å². The van der Waals surface area contributed by atoms with E-state index in [1.807, 2.05) is 36.9 Å². The quantitative estimate of drug-likeness (QED) is 0.872. The zero-order valence-corrected chi connectivity index (χ0v) is 14.7. The lowest BCUT2D eigenvalue weighted by molar-refractivity contribution is -0.117. The number of rotatable bonds is 6. The molecule has 0 bridgehead atoms. The molecule has 2 aliphatic rings. The highest BCUT2D eigenvalue weighted by molar-refractivity contribution is 6.02. The van der Waals surface area contributed by atoms with Crippen molar-refractivity contribution in [3.63, 3.8) is 0 Å². The van der Waals surface area contributed by atoms with E-state index >= 15 is 0 Å². The predicted molar refractivity (Wildman–Crippen MR) is 96.5 cm³/mol. The van der Waals surface area contributed by atoms with Crippen LogP contribution in [0.1, 0.15) is 49.9 Å². The molecule has 1 aromatic carbocycles. The first kappa shape index (κ1) is 16.8. The molecule has 0 atom stereocenters. The monoisotopic (exact) mass is 329 g/mol. The first-order valence-electron chi connectivity index (χ1n) is 9.13. The molecule has 1 aliphatic carbocycles. The maximum atomic E-state index is 13.0. The van der Waals surface area contributed by atoms with E-state index in [1.165, 1.54) is 12.8 Å². The second kappa shape index (κ2) is 7.24. The van der Waals surface area contributed by atoms with E-state index < -0.39 is 0 Å². The first-order chi connectivity index (χ1) is 11.6. The summed E-state index contributed by atoms with van der Waals surface area (Å²) >= 11 is 0. The lowest BCUT2D eigenvalue weighted by atomic mass is 10.1. The van der Waals surface area contributed by atoms with Gasteiger partial charge in [-0.2, -0.15) is 0 Å². The van der Waals surface area contributed by atoms with E-state index in [4.69, 9.17) is 0 Å². The predicted octanol–water partition coefficient (Wildman–Crippen LogP) is 3.12. The molecule has 0 radical (unpaired) electrons.